The van der Waals surface area contributed by atoms with Gasteiger partial charge in [0.15, 0.2) is 0 Å². The maximum atomic E-state index is 12.3. The number of rotatable bonds is 3. The van der Waals surface area contributed by atoms with Crippen LogP contribution in [0.5, 0.6) is 0 Å². The summed E-state index contributed by atoms with van der Waals surface area (Å²) in [6.45, 7) is 3.04. The minimum Gasteiger partial charge on any atom is -0.341 e. The van der Waals surface area contributed by atoms with Gasteiger partial charge < -0.3 is 9.80 Å². The Morgan fingerprint density at radius 2 is 1.81 bits per heavy atom. The van der Waals surface area contributed by atoms with Crippen LogP contribution in [0, 0.1) is 0 Å². The largest absolute Gasteiger partial charge is 0.341 e. The van der Waals surface area contributed by atoms with Crippen LogP contribution in [0.2, 0.25) is 0 Å². The first kappa shape index (κ1) is 15.8. The topological polar surface area (TPSA) is 40.6 Å². The Hall–Kier alpha value is -1.55. The lowest BCUT2D eigenvalue weighted by Gasteiger charge is -2.37. The zero-order valence-electron chi connectivity index (χ0n) is 12.5. The summed E-state index contributed by atoms with van der Waals surface area (Å²) in [6.07, 6.45) is 1.59. The summed E-state index contributed by atoms with van der Waals surface area (Å²) in [6, 6.07) is 9.47. The fourth-order valence-corrected chi connectivity index (χ4v) is 2.83. The zero-order valence-corrected chi connectivity index (χ0v) is 13.2. The summed E-state index contributed by atoms with van der Waals surface area (Å²) in [5.74, 6) is 0.0123. The predicted octanol–water partition coefficient (Wildman–Crippen LogP) is 2.38. The molecule has 1 atom stereocenters. The molecule has 0 aromatic heterocycles. The second kappa shape index (κ2) is 6.94. The zero-order chi connectivity index (χ0) is 15.4. The predicted molar refractivity (Wildman–Crippen MR) is 83.5 cm³/mol. The van der Waals surface area contributed by atoms with Gasteiger partial charge in [0.2, 0.25) is 5.91 Å². The molecule has 1 saturated heterocycles. The van der Waals surface area contributed by atoms with Gasteiger partial charge in [-0.25, -0.2) is 0 Å². The molecule has 0 spiro atoms. The molecule has 1 unspecified atom stereocenters. The lowest BCUT2D eigenvalue weighted by atomic mass is 10.0. The number of halogens is 1. The van der Waals surface area contributed by atoms with Crippen LogP contribution in [0.1, 0.15) is 30.1 Å². The van der Waals surface area contributed by atoms with Crippen molar-refractivity contribution in [1.82, 2.24) is 9.80 Å². The number of benzene rings is 1. The Morgan fingerprint density at radius 1 is 1.24 bits per heavy atom. The molecule has 1 aromatic carbocycles. The molecule has 1 heterocycles. The molecule has 5 heteroatoms. The van der Waals surface area contributed by atoms with Crippen molar-refractivity contribution in [2.75, 3.05) is 20.1 Å². The Balaban J connectivity index is 1.92. The third kappa shape index (κ3) is 3.76. The van der Waals surface area contributed by atoms with E-state index in [0.29, 0.717) is 13.1 Å². The van der Waals surface area contributed by atoms with Gasteiger partial charge in [-0.1, -0.05) is 18.2 Å². The van der Waals surface area contributed by atoms with E-state index >= 15 is 0 Å². The maximum absolute atomic E-state index is 12.3. The third-order valence-corrected chi connectivity index (χ3v) is 4.19. The standard InChI is InChI=1S/C16H21ClN2O2/c1-12(17)15(20)18(2)14-8-10-19(11-9-14)16(21)13-6-4-3-5-7-13/h3-7,12,14H,8-11H2,1-2H3. The van der Waals surface area contributed by atoms with Crippen LogP contribution in [0.15, 0.2) is 30.3 Å². The van der Waals surface area contributed by atoms with Crippen LogP contribution in [-0.4, -0.2) is 53.2 Å². The van der Waals surface area contributed by atoms with E-state index in [1.165, 1.54) is 0 Å². The molecule has 2 rings (SSSR count). The highest BCUT2D eigenvalue weighted by Gasteiger charge is 2.29. The Kier molecular flexibility index (Phi) is 5.23. The number of piperidine rings is 1. The molecular formula is C16H21ClN2O2. The van der Waals surface area contributed by atoms with Gasteiger partial charge in [-0.15, -0.1) is 11.6 Å². The average molecular weight is 309 g/mol. The highest BCUT2D eigenvalue weighted by Crippen LogP contribution is 2.19. The lowest BCUT2D eigenvalue weighted by Crippen LogP contribution is -2.48. The van der Waals surface area contributed by atoms with Gasteiger partial charge in [-0.3, -0.25) is 9.59 Å². The van der Waals surface area contributed by atoms with E-state index in [-0.39, 0.29) is 17.9 Å². The first-order valence-corrected chi connectivity index (χ1v) is 7.69. The molecule has 1 aliphatic heterocycles. The summed E-state index contributed by atoms with van der Waals surface area (Å²) in [7, 11) is 1.79. The molecule has 1 aliphatic rings. The Bertz CT molecular complexity index is 496. The minimum atomic E-state index is -0.501. The fourth-order valence-electron chi connectivity index (χ4n) is 2.68. The van der Waals surface area contributed by atoms with Crippen molar-refractivity contribution >= 4 is 23.4 Å². The van der Waals surface area contributed by atoms with Crippen molar-refractivity contribution in [3.8, 4) is 0 Å². The highest BCUT2D eigenvalue weighted by molar-refractivity contribution is 6.30. The van der Waals surface area contributed by atoms with E-state index in [4.69, 9.17) is 11.6 Å². The van der Waals surface area contributed by atoms with E-state index in [1.807, 2.05) is 35.2 Å². The lowest BCUT2D eigenvalue weighted by molar-refractivity contribution is -0.132. The maximum Gasteiger partial charge on any atom is 0.253 e. The Labute approximate surface area is 130 Å². The van der Waals surface area contributed by atoms with Crippen LogP contribution in [0.4, 0.5) is 0 Å². The van der Waals surface area contributed by atoms with Crippen molar-refractivity contribution in [2.24, 2.45) is 0 Å². The van der Waals surface area contributed by atoms with E-state index in [0.717, 1.165) is 18.4 Å². The van der Waals surface area contributed by atoms with Crippen LogP contribution < -0.4 is 0 Å². The van der Waals surface area contributed by atoms with Gasteiger partial charge in [0.1, 0.15) is 5.38 Å². The van der Waals surface area contributed by atoms with Crippen LogP contribution >= 0.6 is 11.6 Å². The molecule has 4 nitrogen and oxygen atoms in total. The van der Waals surface area contributed by atoms with Crippen LogP contribution in [-0.2, 0) is 4.79 Å². The first-order valence-electron chi connectivity index (χ1n) is 7.25. The van der Waals surface area contributed by atoms with Gasteiger partial charge in [0, 0.05) is 31.7 Å². The molecule has 0 bridgehead atoms. The summed E-state index contributed by atoms with van der Waals surface area (Å²) < 4.78 is 0. The number of hydrogen-bond acceptors (Lipinski definition) is 2. The molecule has 114 valence electrons. The van der Waals surface area contributed by atoms with Crippen molar-refractivity contribution in [1.29, 1.82) is 0 Å². The van der Waals surface area contributed by atoms with E-state index in [9.17, 15) is 9.59 Å². The van der Waals surface area contributed by atoms with Gasteiger partial charge >= 0.3 is 0 Å². The monoisotopic (exact) mass is 308 g/mol. The van der Waals surface area contributed by atoms with Gasteiger partial charge in [-0.2, -0.15) is 0 Å². The SMILES string of the molecule is CC(Cl)C(=O)N(C)C1CCN(C(=O)c2ccccc2)CC1. The Morgan fingerprint density at radius 3 is 2.33 bits per heavy atom. The molecule has 0 saturated carbocycles. The normalized spacial score (nSPS) is 17.4. The van der Waals surface area contributed by atoms with E-state index < -0.39 is 5.38 Å². The molecule has 21 heavy (non-hydrogen) atoms. The molecule has 2 amide bonds. The van der Waals surface area contributed by atoms with E-state index in [2.05, 4.69) is 0 Å². The summed E-state index contributed by atoms with van der Waals surface area (Å²) in [4.78, 5) is 27.8. The number of likely N-dealkylation sites (tertiary alicyclic amines) is 1. The highest BCUT2D eigenvalue weighted by atomic mass is 35.5. The van der Waals surface area contributed by atoms with Crippen molar-refractivity contribution in [3.05, 3.63) is 35.9 Å². The molecule has 0 aliphatic carbocycles. The number of carbonyl (C=O) groups excluding carboxylic acids is 2. The summed E-state index contributed by atoms with van der Waals surface area (Å²) in [5, 5.41) is -0.501. The van der Waals surface area contributed by atoms with E-state index in [1.54, 1.807) is 18.9 Å². The second-order valence-electron chi connectivity index (χ2n) is 5.45. The fraction of sp³-hybridized carbons (Fsp3) is 0.500. The van der Waals surface area contributed by atoms with Gasteiger partial charge in [0.25, 0.3) is 5.91 Å². The minimum absolute atomic E-state index is 0.0514. The van der Waals surface area contributed by atoms with Gasteiger partial charge in [0.05, 0.1) is 0 Å². The summed E-state index contributed by atoms with van der Waals surface area (Å²) >= 11 is 5.85. The number of hydrogen-bond donors (Lipinski definition) is 0. The average Bonchev–Trinajstić information content (AvgIpc) is 2.53. The number of amides is 2. The molecule has 1 fully saturated rings. The second-order valence-corrected chi connectivity index (χ2v) is 6.11. The van der Waals surface area contributed by atoms with Crippen molar-refractivity contribution in [2.45, 2.75) is 31.2 Å². The number of carbonyl (C=O) groups is 2. The first-order chi connectivity index (χ1) is 10.0. The quantitative estimate of drug-likeness (QED) is 0.804. The van der Waals surface area contributed by atoms with Crippen LogP contribution in [0.25, 0.3) is 0 Å². The van der Waals surface area contributed by atoms with Gasteiger partial charge in [-0.05, 0) is 31.9 Å². The van der Waals surface area contributed by atoms with Crippen LogP contribution in [0.3, 0.4) is 0 Å². The molecular weight excluding hydrogens is 288 g/mol. The van der Waals surface area contributed by atoms with Crippen molar-refractivity contribution in [3.63, 3.8) is 0 Å². The number of nitrogens with zero attached hydrogens (tertiary/aromatic N) is 2. The smallest absolute Gasteiger partial charge is 0.253 e. The molecule has 1 aromatic rings. The molecule has 0 radical (unpaired) electrons. The summed E-state index contributed by atoms with van der Waals surface area (Å²) in [5.41, 5.74) is 0.717. The third-order valence-electron chi connectivity index (χ3n) is 4.01. The van der Waals surface area contributed by atoms with Crippen molar-refractivity contribution < 1.29 is 9.59 Å². The number of alkyl halides is 1. The molecule has 0 N–H and O–H groups in total.